The average Bonchev–Trinajstić information content (AvgIpc) is 2.90. The molecule has 2 N–H and O–H groups in total. The zero-order valence-electron chi connectivity index (χ0n) is 11.7. The molecule has 0 bridgehead atoms. The first-order chi connectivity index (χ1) is 9.08. The number of carbonyl (C=O) groups is 1. The number of rotatable bonds is 4. The van der Waals surface area contributed by atoms with E-state index in [2.05, 4.69) is 4.90 Å². The molecular formula is C14H23N3O2. The molecule has 0 spiro atoms. The van der Waals surface area contributed by atoms with Gasteiger partial charge in [0, 0.05) is 26.2 Å². The van der Waals surface area contributed by atoms with Crippen LogP contribution in [0.25, 0.3) is 0 Å². The van der Waals surface area contributed by atoms with Crippen molar-refractivity contribution in [2.75, 3.05) is 26.2 Å². The third-order valence-corrected chi connectivity index (χ3v) is 3.65. The fourth-order valence-corrected chi connectivity index (χ4v) is 2.25. The lowest BCUT2D eigenvalue weighted by Gasteiger charge is -2.36. The van der Waals surface area contributed by atoms with Crippen LogP contribution >= 0.6 is 0 Å². The van der Waals surface area contributed by atoms with Gasteiger partial charge in [0.1, 0.15) is 5.76 Å². The molecule has 5 nitrogen and oxygen atoms in total. The number of nitrogens with zero attached hydrogens (tertiary/aromatic N) is 2. The summed E-state index contributed by atoms with van der Waals surface area (Å²) in [4.78, 5) is 16.3. The van der Waals surface area contributed by atoms with E-state index in [1.807, 2.05) is 30.9 Å². The van der Waals surface area contributed by atoms with Crippen molar-refractivity contribution in [3.8, 4) is 0 Å². The maximum absolute atomic E-state index is 12.1. The Kier molecular flexibility index (Phi) is 4.61. The monoisotopic (exact) mass is 265 g/mol. The molecule has 0 aromatic carbocycles. The molecular weight excluding hydrogens is 242 g/mol. The van der Waals surface area contributed by atoms with Crippen LogP contribution in [-0.2, 0) is 11.3 Å². The number of furan rings is 1. The van der Waals surface area contributed by atoms with Crippen LogP contribution in [0.4, 0.5) is 0 Å². The Morgan fingerprint density at radius 2 is 2.05 bits per heavy atom. The van der Waals surface area contributed by atoms with E-state index in [1.165, 1.54) is 0 Å². The van der Waals surface area contributed by atoms with Gasteiger partial charge in [0.25, 0.3) is 0 Å². The Balaban J connectivity index is 1.80. The number of hydrogen-bond acceptors (Lipinski definition) is 4. The molecule has 1 aliphatic heterocycles. The first-order valence-corrected chi connectivity index (χ1v) is 6.87. The molecule has 1 atom stereocenters. The van der Waals surface area contributed by atoms with Gasteiger partial charge in [-0.3, -0.25) is 9.69 Å². The van der Waals surface area contributed by atoms with Crippen LogP contribution in [0.1, 0.15) is 19.6 Å². The number of piperazine rings is 1. The molecule has 0 aliphatic carbocycles. The Morgan fingerprint density at radius 1 is 1.37 bits per heavy atom. The highest BCUT2D eigenvalue weighted by Crippen LogP contribution is 2.11. The van der Waals surface area contributed by atoms with E-state index >= 15 is 0 Å². The number of amides is 1. The van der Waals surface area contributed by atoms with E-state index in [0.717, 1.165) is 38.5 Å². The third kappa shape index (κ3) is 3.58. The van der Waals surface area contributed by atoms with E-state index in [4.69, 9.17) is 10.2 Å². The second kappa shape index (κ2) is 6.21. The van der Waals surface area contributed by atoms with Crippen LogP contribution in [0.3, 0.4) is 0 Å². The average molecular weight is 265 g/mol. The molecule has 1 saturated heterocycles. The van der Waals surface area contributed by atoms with Crippen molar-refractivity contribution in [1.29, 1.82) is 0 Å². The van der Waals surface area contributed by atoms with Crippen LogP contribution in [0.2, 0.25) is 0 Å². The van der Waals surface area contributed by atoms with Gasteiger partial charge in [-0.1, -0.05) is 13.8 Å². The number of nitrogens with two attached hydrogens (primary N) is 1. The second-order valence-corrected chi connectivity index (χ2v) is 5.45. The predicted octanol–water partition coefficient (Wildman–Crippen LogP) is 0.907. The number of carbonyl (C=O) groups excluding carboxylic acids is 1. The topological polar surface area (TPSA) is 62.7 Å². The summed E-state index contributed by atoms with van der Waals surface area (Å²) in [6, 6.07) is 3.50. The predicted molar refractivity (Wildman–Crippen MR) is 73.4 cm³/mol. The normalized spacial score (nSPS) is 18.8. The fourth-order valence-electron chi connectivity index (χ4n) is 2.25. The van der Waals surface area contributed by atoms with Gasteiger partial charge in [-0.25, -0.2) is 0 Å². The quantitative estimate of drug-likeness (QED) is 0.879. The minimum absolute atomic E-state index is 0.0765. The Hall–Kier alpha value is -1.33. The van der Waals surface area contributed by atoms with Gasteiger partial charge in [0.2, 0.25) is 5.91 Å². The van der Waals surface area contributed by atoms with Crippen molar-refractivity contribution in [3.63, 3.8) is 0 Å². The fraction of sp³-hybridized carbons (Fsp3) is 0.643. The van der Waals surface area contributed by atoms with Crippen LogP contribution in [0, 0.1) is 5.92 Å². The van der Waals surface area contributed by atoms with E-state index in [0.29, 0.717) is 0 Å². The van der Waals surface area contributed by atoms with Gasteiger partial charge in [-0.2, -0.15) is 0 Å². The van der Waals surface area contributed by atoms with Crippen molar-refractivity contribution in [2.45, 2.75) is 26.4 Å². The first kappa shape index (κ1) is 14.1. The van der Waals surface area contributed by atoms with Crippen molar-refractivity contribution < 1.29 is 9.21 Å². The lowest BCUT2D eigenvalue weighted by Crippen LogP contribution is -2.54. The summed E-state index contributed by atoms with van der Waals surface area (Å²) in [5.74, 6) is 1.24. The molecule has 0 unspecified atom stereocenters. The van der Waals surface area contributed by atoms with E-state index < -0.39 is 0 Å². The molecule has 0 saturated carbocycles. The van der Waals surface area contributed by atoms with Crippen LogP contribution in [0.15, 0.2) is 22.8 Å². The van der Waals surface area contributed by atoms with Crippen molar-refractivity contribution in [2.24, 2.45) is 11.7 Å². The summed E-state index contributed by atoms with van der Waals surface area (Å²) in [7, 11) is 0. The summed E-state index contributed by atoms with van der Waals surface area (Å²) >= 11 is 0. The van der Waals surface area contributed by atoms with Gasteiger partial charge >= 0.3 is 0 Å². The molecule has 1 fully saturated rings. The Morgan fingerprint density at radius 3 is 2.58 bits per heavy atom. The molecule has 1 aromatic heterocycles. The zero-order valence-corrected chi connectivity index (χ0v) is 11.7. The van der Waals surface area contributed by atoms with Crippen LogP contribution in [-0.4, -0.2) is 47.9 Å². The standard InChI is InChI=1S/C14H23N3O2/c1-11(2)13(15)14(18)17-7-5-16(6-8-17)10-12-4-3-9-19-12/h3-4,9,11,13H,5-8,10,15H2,1-2H3/t13-/m1/s1. The maximum Gasteiger partial charge on any atom is 0.239 e. The smallest absolute Gasteiger partial charge is 0.239 e. The van der Waals surface area contributed by atoms with Gasteiger partial charge in [0.05, 0.1) is 18.8 Å². The van der Waals surface area contributed by atoms with Crippen molar-refractivity contribution in [1.82, 2.24) is 9.80 Å². The highest BCUT2D eigenvalue weighted by atomic mass is 16.3. The minimum Gasteiger partial charge on any atom is -0.468 e. The van der Waals surface area contributed by atoms with Gasteiger partial charge < -0.3 is 15.1 Å². The van der Waals surface area contributed by atoms with Gasteiger partial charge in [0.15, 0.2) is 0 Å². The molecule has 5 heteroatoms. The summed E-state index contributed by atoms with van der Waals surface area (Å²) in [6.45, 7) is 8.02. The summed E-state index contributed by atoms with van der Waals surface area (Å²) in [5, 5.41) is 0. The van der Waals surface area contributed by atoms with Crippen LogP contribution < -0.4 is 5.73 Å². The molecule has 1 aromatic rings. The number of hydrogen-bond donors (Lipinski definition) is 1. The minimum atomic E-state index is -0.378. The second-order valence-electron chi connectivity index (χ2n) is 5.45. The Bertz CT molecular complexity index is 395. The molecule has 1 amide bonds. The van der Waals surface area contributed by atoms with E-state index in [-0.39, 0.29) is 17.9 Å². The lowest BCUT2D eigenvalue weighted by molar-refractivity contribution is -0.135. The molecule has 0 radical (unpaired) electrons. The van der Waals surface area contributed by atoms with Crippen LogP contribution in [0.5, 0.6) is 0 Å². The molecule has 1 aliphatic rings. The highest BCUT2D eigenvalue weighted by Gasteiger charge is 2.26. The highest BCUT2D eigenvalue weighted by molar-refractivity contribution is 5.82. The Labute approximate surface area is 114 Å². The zero-order chi connectivity index (χ0) is 13.8. The summed E-state index contributed by atoms with van der Waals surface area (Å²) < 4.78 is 5.34. The molecule has 106 valence electrons. The van der Waals surface area contributed by atoms with Gasteiger partial charge in [-0.05, 0) is 18.1 Å². The maximum atomic E-state index is 12.1. The lowest BCUT2D eigenvalue weighted by atomic mass is 10.0. The SMILES string of the molecule is CC(C)[C@@H](N)C(=O)N1CCN(Cc2ccco2)CC1. The van der Waals surface area contributed by atoms with E-state index in [9.17, 15) is 4.79 Å². The van der Waals surface area contributed by atoms with Crippen molar-refractivity contribution in [3.05, 3.63) is 24.2 Å². The van der Waals surface area contributed by atoms with Crippen molar-refractivity contribution >= 4 is 5.91 Å². The summed E-state index contributed by atoms with van der Waals surface area (Å²) in [5.41, 5.74) is 5.92. The molecule has 2 heterocycles. The summed E-state index contributed by atoms with van der Waals surface area (Å²) in [6.07, 6.45) is 1.69. The third-order valence-electron chi connectivity index (χ3n) is 3.65. The van der Waals surface area contributed by atoms with Gasteiger partial charge in [-0.15, -0.1) is 0 Å². The van der Waals surface area contributed by atoms with E-state index in [1.54, 1.807) is 6.26 Å². The molecule has 19 heavy (non-hydrogen) atoms. The molecule has 2 rings (SSSR count). The largest absolute Gasteiger partial charge is 0.468 e. The first-order valence-electron chi connectivity index (χ1n) is 6.87.